The lowest BCUT2D eigenvalue weighted by atomic mass is 10.2. The third kappa shape index (κ3) is 3.63. The maximum Gasteiger partial charge on any atom is 0.262 e. The van der Waals surface area contributed by atoms with Crippen molar-refractivity contribution < 1.29 is 9.53 Å². The number of carbonyl (C=O) groups is 1. The zero-order chi connectivity index (χ0) is 15.2. The molecule has 2 aromatic rings. The van der Waals surface area contributed by atoms with Gasteiger partial charge in [-0.05, 0) is 24.3 Å². The number of nitrogens with one attached hydrogen (secondary N) is 2. The average molecular weight is 295 g/mol. The smallest absolute Gasteiger partial charge is 0.262 e. The second kappa shape index (κ2) is 6.76. The summed E-state index contributed by atoms with van der Waals surface area (Å²) in [5.74, 6) is 1.34. The molecule has 0 spiro atoms. The Morgan fingerprint density at radius 3 is 2.82 bits per heavy atom. The van der Waals surface area contributed by atoms with Crippen LogP contribution in [0.3, 0.4) is 0 Å². The van der Waals surface area contributed by atoms with Crippen molar-refractivity contribution in [2.24, 2.45) is 4.99 Å². The second-order valence-corrected chi connectivity index (χ2v) is 4.89. The van der Waals surface area contributed by atoms with Gasteiger partial charge in [0.05, 0.1) is 6.54 Å². The largest absolute Gasteiger partial charge is 0.484 e. The third-order valence-electron chi connectivity index (χ3n) is 3.21. The van der Waals surface area contributed by atoms with E-state index >= 15 is 0 Å². The van der Waals surface area contributed by atoms with E-state index in [9.17, 15) is 4.79 Å². The first-order chi connectivity index (χ1) is 10.8. The fourth-order valence-corrected chi connectivity index (χ4v) is 2.19. The van der Waals surface area contributed by atoms with Crippen LogP contribution >= 0.6 is 0 Å². The van der Waals surface area contributed by atoms with Gasteiger partial charge in [-0.15, -0.1) is 0 Å². The van der Waals surface area contributed by atoms with Crippen LogP contribution in [-0.2, 0) is 4.79 Å². The monoisotopic (exact) mass is 295 g/mol. The van der Waals surface area contributed by atoms with E-state index in [-0.39, 0.29) is 12.5 Å². The minimum absolute atomic E-state index is 0.0295. The van der Waals surface area contributed by atoms with Crippen molar-refractivity contribution in [2.75, 3.05) is 25.0 Å². The van der Waals surface area contributed by atoms with Crippen LogP contribution in [-0.4, -0.2) is 31.4 Å². The van der Waals surface area contributed by atoms with Crippen LogP contribution in [0.4, 0.5) is 5.69 Å². The molecule has 0 aromatic heterocycles. The molecule has 5 nitrogen and oxygen atoms in total. The number of para-hydroxylation sites is 1. The molecule has 5 heteroatoms. The van der Waals surface area contributed by atoms with Crippen LogP contribution in [0.2, 0.25) is 0 Å². The number of amidine groups is 1. The zero-order valence-corrected chi connectivity index (χ0v) is 12.1. The summed E-state index contributed by atoms with van der Waals surface area (Å²) in [6.45, 7) is 1.62. The Labute approximate surface area is 129 Å². The van der Waals surface area contributed by atoms with Gasteiger partial charge in [0.2, 0.25) is 0 Å². The van der Waals surface area contributed by atoms with E-state index in [1.54, 1.807) is 0 Å². The lowest BCUT2D eigenvalue weighted by Gasteiger charge is -2.09. The summed E-state index contributed by atoms with van der Waals surface area (Å²) in [6, 6.07) is 16.9. The number of carbonyl (C=O) groups excluding carboxylic acids is 1. The van der Waals surface area contributed by atoms with Gasteiger partial charge < -0.3 is 15.4 Å². The first-order valence-corrected chi connectivity index (χ1v) is 7.18. The Kier molecular flexibility index (Phi) is 4.34. The van der Waals surface area contributed by atoms with Gasteiger partial charge in [-0.1, -0.05) is 30.3 Å². The van der Waals surface area contributed by atoms with Crippen molar-refractivity contribution in [3.63, 3.8) is 0 Å². The Hall–Kier alpha value is -2.82. The van der Waals surface area contributed by atoms with Gasteiger partial charge in [-0.3, -0.25) is 9.79 Å². The van der Waals surface area contributed by atoms with Gasteiger partial charge in [0.15, 0.2) is 6.61 Å². The predicted octanol–water partition coefficient (Wildman–Crippen LogP) is 2.05. The minimum atomic E-state index is -0.187. The van der Waals surface area contributed by atoms with Crippen LogP contribution in [0.1, 0.15) is 5.56 Å². The molecule has 1 heterocycles. The number of hydrogen-bond acceptors (Lipinski definition) is 4. The third-order valence-corrected chi connectivity index (χ3v) is 3.21. The second-order valence-electron chi connectivity index (χ2n) is 4.89. The lowest BCUT2D eigenvalue weighted by molar-refractivity contribution is -0.118. The summed E-state index contributed by atoms with van der Waals surface area (Å²) in [5, 5.41) is 5.99. The van der Waals surface area contributed by atoms with Gasteiger partial charge in [-0.2, -0.15) is 0 Å². The van der Waals surface area contributed by atoms with Gasteiger partial charge in [0, 0.05) is 17.8 Å². The molecular weight excluding hydrogens is 278 g/mol. The molecule has 1 aliphatic heterocycles. The molecule has 2 N–H and O–H groups in total. The van der Waals surface area contributed by atoms with Crippen LogP contribution in [0.15, 0.2) is 59.6 Å². The van der Waals surface area contributed by atoms with Gasteiger partial charge in [0.25, 0.3) is 5.91 Å². The summed E-state index contributed by atoms with van der Waals surface area (Å²) < 4.78 is 5.55. The standard InChI is InChI=1S/C17H17N3O2/c21-16(20-14-6-2-1-3-7-14)12-22-15-8-4-5-13(11-15)17-18-9-10-19-17/h1-8,11H,9-10,12H2,(H,18,19)(H,20,21). The molecule has 1 aliphatic rings. The van der Waals surface area contributed by atoms with Crippen molar-refractivity contribution in [1.82, 2.24) is 5.32 Å². The number of anilines is 1. The molecule has 0 saturated carbocycles. The molecule has 0 saturated heterocycles. The molecule has 0 atom stereocenters. The topological polar surface area (TPSA) is 62.7 Å². The molecule has 112 valence electrons. The van der Waals surface area contributed by atoms with E-state index in [1.807, 2.05) is 54.6 Å². The molecule has 22 heavy (non-hydrogen) atoms. The number of hydrogen-bond donors (Lipinski definition) is 2. The maximum atomic E-state index is 11.9. The van der Waals surface area contributed by atoms with E-state index in [0.29, 0.717) is 5.75 Å². The molecule has 2 aromatic carbocycles. The highest BCUT2D eigenvalue weighted by atomic mass is 16.5. The number of benzene rings is 2. The Balaban J connectivity index is 1.57. The van der Waals surface area contributed by atoms with Gasteiger partial charge in [0.1, 0.15) is 11.6 Å². The van der Waals surface area contributed by atoms with Gasteiger partial charge >= 0.3 is 0 Å². The highest BCUT2D eigenvalue weighted by Gasteiger charge is 2.09. The number of nitrogens with zero attached hydrogens (tertiary/aromatic N) is 1. The van der Waals surface area contributed by atoms with E-state index < -0.39 is 0 Å². The van der Waals surface area contributed by atoms with E-state index in [0.717, 1.165) is 30.2 Å². The first-order valence-electron chi connectivity index (χ1n) is 7.18. The van der Waals surface area contributed by atoms with Crippen molar-refractivity contribution in [3.8, 4) is 5.75 Å². The number of amides is 1. The van der Waals surface area contributed by atoms with Crippen molar-refractivity contribution in [1.29, 1.82) is 0 Å². The summed E-state index contributed by atoms with van der Waals surface area (Å²) >= 11 is 0. The highest BCUT2D eigenvalue weighted by molar-refractivity contribution is 6.00. The number of aliphatic imine (C=N–C) groups is 1. The van der Waals surface area contributed by atoms with E-state index in [1.165, 1.54) is 0 Å². The highest BCUT2D eigenvalue weighted by Crippen LogP contribution is 2.14. The Morgan fingerprint density at radius 2 is 2.05 bits per heavy atom. The predicted molar refractivity (Wildman–Crippen MR) is 86.4 cm³/mol. The molecule has 1 amide bonds. The fraction of sp³-hybridized carbons (Fsp3) is 0.176. The fourth-order valence-electron chi connectivity index (χ4n) is 2.19. The van der Waals surface area contributed by atoms with Gasteiger partial charge in [-0.25, -0.2) is 0 Å². The molecule has 0 aliphatic carbocycles. The molecule has 0 unspecified atom stereocenters. The van der Waals surface area contributed by atoms with Crippen LogP contribution < -0.4 is 15.4 Å². The van der Waals surface area contributed by atoms with Crippen molar-refractivity contribution in [2.45, 2.75) is 0 Å². The van der Waals surface area contributed by atoms with E-state index in [4.69, 9.17) is 4.74 Å². The number of ether oxygens (including phenoxy) is 1. The summed E-state index contributed by atoms with van der Waals surface area (Å²) in [6.07, 6.45) is 0. The summed E-state index contributed by atoms with van der Waals surface area (Å²) in [7, 11) is 0. The van der Waals surface area contributed by atoms with E-state index in [2.05, 4.69) is 15.6 Å². The molecule has 0 radical (unpaired) electrons. The van der Waals surface area contributed by atoms with Crippen LogP contribution in [0.5, 0.6) is 5.75 Å². The Bertz CT molecular complexity index is 683. The minimum Gasteiger partial charge on any atom is -0.484 e. The quantitative estimate of drug-likeness (QED) is 0.887. The molecule has 0 bridgehead atoms. The lowest BCUT2D eigenvalue weighted by Crippen LogP contribution is -2.21. The maximum absolute atomic E-state index is 11.9. The Morgan fingerprint density at radius 1 is 1.18 bits per heavy atom. The van der Waals surface area contributed by atoms with Crippen LogP contribution in [0, 0.1) is 0 Å². The molecule has 0 fully saturated rings. The normalized spacial score (nSPS) is 13.2. The van der Waals surface area contributed by atoms with Crippen molar-refractivity contribution in [3.05, 3.63) is 60.2 Å². The summed E-state index contributed by atoms with van der Waals surface area (Å²) in [5.41, 5.74) is 1.73. The summed E-state index contributed by atoms with van der Waals surface area (Å²) in [4.78, 5) is 16.2. The average Bonchev–Trinajstić information content (AvgIpc) is 3.09. The SMILES string of the molecule is O=C(COc1cccc(C2=NCCN2)c1)Nc1ccccc1. The molecule has 3 rings (SSSR count). The van der Waals surface area contributed by atoms with Crippen molar-refractivity contribution >= 4 is 17.4 Å². The first kappa shape index (κ1) is 14.1. The number of rotatable bonds is 5. The van der Waals surface area contributed by atoms with Crippen LogP contribution in [0.25, 0.3) is 0 Å². The zero-order valence-electron chi connectivity index (χ0n) is 12.1. The molecular formula is C17H17N3O2.